The van der Waals surface area contributed by atoms with Gasteiger partial charge in [-0.25, -0.2) is 8.78 Å². The van der Waals surface area contributed by atoms with E-state index in [1.54, 1.807) is 18.2 Å². The minimum atomic E-state index is -1.16. The normalized spacial score (nSPS) is 12.5. The molecule has 2 aromatic rings. The topological polar surface area (TPSA) is 20.2 Å². The first-order valence-electron chi connectivity index (χ1n) is 4.96. The highest BCUT2D eigenvalue weighted by Crippen LogP contribution is 2.26. The second-order valence-corrected chi connectivity index (χ2v) is 4.06. The van der Waals surface area contributed by atoms with Crippen LogP contribution in [-0.2, 0) is 0 Å². The summed E-state index contributed by atoms with van der Waals surface area (Å²) in [6.45, 7) is 0. The third-order valence-electron chi connectivity index (χ3n) is 2.42. The summed E-state index contributed by atoms with van der Waals surface area (Å²) in [4.78, 5) is 0. The SMILES string of the molecule is OC(c1cccc(Cl)c1)c1ccc(F)cc1F. The molecule has 1 unspecified atom stereocenters. The largest absolute Gasteiger partial charge is 0.384 e. The van der Waals surface area contributed by atoms with Gasteiger partial charge in [0.2, 0.25) is 0 Å². The molecule has 1 nitrogen and oxygen atoms in total. The van der Waals surface area contributed by atoms with E-state index in [1.807, 2.05) is 0 Å². The van der Waals surface area contributed by atoms with Gasteiger partial charge >= 0.3 is 0 Å². The molecule has 4 heteroatoms. The molecule has 1 N–H and O–H groups in total. The molecule has 1 atom stereocenters. The number of aliphatic hydroxyl groups excluding tert-OH is 1. The average Bonchev–Trinajstić information content (AvgIpc) is 2.28. The Hall–Kier alpha value is -1.45. The fourth-order valence-corrected chi connectivity index (χ4v) is 1.78. The highest BCUT2D eigenvalue weighted by Gasteiger charge is 2.15. The number of hydrogen-bond acceptors (Lipinski definition) is 1. The smallest absolute Gasteiger partial charge is 0.132 e. The minimum Gasteiger partial charge on any atom is -0.384 e. The number of hydrogen-bond donors (Lipinski definition) is 1. The van der Waals surface area contributed by atoms with Crippen molar-refractivity contribution in [3.05, 3.63) is 70.2 Å². The molecule has 0 fully saturated rings. The van der Waals surface area contributed by atoms with Crippen molar-refractivity contribution >= 4 is 11.6 Å². The molecule has 0 spiro atoms. The summed E-state index contributed by atoms with van der Waals surface area (Å²) in [5, 5.41) is 10.4. The molecule has 2 aromatic carbocycles. The van der Waals surface area contributed by atoms with Crippen LogP contribution in [-0.4, -0.2) is 5.11 Å². The van der Waals surface area contributed by atoms with Crippen molar-refractivity contribution in [2.75, 3.05) is 0 Å². The van der Waals surface area contributed by atoms with E-state index < -0.39 is 17.7 Å². The van der Waals surface area contributed by atoms with Crippen LogP contribution in [0.1, 0.15) is 17.2 Å². The summed E-state index contributed by atoms with van der Waals surface area (Å²) in [6.07, 6.45) is -1.16. The molecule has 0 amide bonds. The van der Waals surface area contributed by atoms with Gasteiger partial charge in [-0.05, 0) is 23.8 Å². The maximum Gasteiger partial charge on any atom is 0.132 e. The van der Waals surface area contributed by atoms with E-state index in [0.717, 1.165) is 12.1 Å². The van der Waals surface area contributed by atoms with Crippen molar-refractivity contribution in [2.24, 2.45) is 0 Å². The Morgan fingerprint density at radius 2 is 1.82 bits per heavy atom. The van der Waals surface area contributed by atoms with Crippen molar-refractivity contribution in [1.29, 1.82) is 0 Å². The molecule has 17 heavy (non-hydrogen) atoms. The van der Waals surface area contributed by atoms with Gasteiger partial charge in [-0.15, -0.1) is 0 Å². The van der Waals surface area contributed by atoms with Crippen molar-refractivity contribution in [2.45, 2.75) is 6.10 Å². The zero-order valence-corrected chi connectivity index (χ0v) is 9.46. The maximum absolute atomic E-state index is 13.5. The van der Waals surface area contributed by atoms with Crippen LogP contribution in [0.4, 0.5) is 8.78 Å². The molecule has 2 rings (SSSR count). The molecule has 0 saturated heterocycles. The molecule has 0 heterocycles. The van der Waals surface area contributed by atoms with Crippen LogP contribution in [0, 0.1) is 11.6 Å². The first-order chi connectivity index (χ1) is 8.08. The fourth-order valence-electron chi connectivity index (χ4n) is 1.58. The number of halogens is 3. The van der Waals surface area contributed by atoms with E-state index in [9.17, 15) is 13.9 Å². The standard InChI is InChI=1S/C13H9ClF2O/c14-9-3-1-2-8(6-9)13(17)11-5-4-10(15)7-12(11)16/h1-7,13,17H. The van der Waals surface area contributed by atoms with E-state index in [2.05, 4.69) is 0 Å². The van der Waals surface area contributed by atoms with Gasteiger partial charge in [0.25, 0.3) is 0 Å². The zero-order chi connectivity index (χ0) is 12.4. The molecule has 0 saturated carbocycles. The van der Waals surface area contributed by atoms with Gasteiger partial charge in [-0.1, -0.05) is 29.8 Å². The summed E-state index contributed by atoms with van der Waals surface area (Å²) < 4.78 is 26.2. The van der Waals surface area contributed by atoms with Gasteiger partial charge in [-0.2, -0.15) is 0 Å². The van der Waals surface area contributed by atoms with Crippen LogP contribution in [0.15, 0.2) is 42.5 Å². The fraction of sp³-hybridized carbons (Fsp3) is 0.0769. The Morgan fingerprint density at radius 3 is 2.47 bits per heavy atom. The Kier molecular flexibility index (Phi) is 3.41. The van der Waals surface area contributed by atoms with Crippen LogP contribution in [0.3, 0.4) is 0 Å². The molecule has 0 aliphatic heterocycles. The van der Waals surface area contributed by atoms with Crippen LogP contribution in [0.25, 0.3) is 0 Å². The molecular weight excluding hydrogens is 246 g/mol. The lowest BCUT2D eigenvalue weighted by Crippen LogP contribution is -2.02. The summed E-state index contributed by atoms with van der Waals surface area (Å²) in [5.74, 6) is -1.46. The summed E-state index contributed by atoms with van der Waals surface area (Å²) in [5.41, 5.74) is 0.483. The van der Waals surface area contributed by atoms with Gasteiger partial charge in [0.05, 0.1) is 0 Å². The summed E-state index contributed by atoms with van der Waals surface area (Å²) in [6, 6.07) is 9.53. The van der Waals surface area contributed by atoms with Crippen LogP contribution in [0.2, 0.25) is 5.02 Å². The number of benzene rings is 2. The van der Waals surface area contributed by atoms with Gasteiger partial charge in [-0.3, -0.25) is 0 Å². The minimum absolute atomic E-state index is 0.0219. The van der Waals surface area contributed by atoms with Crippen molar-refractivity contribution < 1.29 is 13.9 Å². The lowest BCUT2D eigenvalue weighted by atomic mass is 10.0. The van der Waals surface area contributed by atoms with Gasteiger partial charge in [0.15, 0.2) is 0 Å². The summed E-state index contributed by atoms with van der Waals surface area (Å²) >= 11 is 5.78. The maximum atomic E-state index is 13.5. The van der Waals surface area contributed by atoms with Crippen LogP contribution in [0.5, 0.6) is 0 Å². The van der Waals surface area contributed by atoms with E-state index in [-0.39, 0.29) is 5.56 Å². The third-order valence-corrected chi connectivity index (χ3v) is 2.66. The lowest BCUT2D eigenvalue weighted by molar-refractivity contribution is 0.214. The molecule has 88 valence electrons. The highest BCUT2D eigenvalue weighted by molar-refractivity contribution is 6.30. The van der Waals surface area contributed by atoms with Crippen molar-refractivity contribution in [1.82, 2.24) is 0 Å². The van der Waals surface area contributed by atoms with Gasteiger partial charge in [0.1, 0.15) is 17.7 Å². The molecule has 0 aliphatic rings. The number of aliphatic hydroxyl groups is 1. The predicted molar refractivity (Wildman–Crippen MR) is 61.9 cm³/mol. The zero-order valence-electron chi connectivity index (χ0n) is 8.70. The second-order valence-electron chi connectivity index (χ2n) is 3.62. The second kappa shape index (κ2) is 4.82. The molecule has 0 aliphatic carbocycles. The van der Waals surface area contributed by atoms with Gasteiger partial charge < -0.3 is 5.11 Å². The van der Waals surface area contributed by atoms with Gasteiger partial charge in [0, 0.05) is 16.7 Å². The Labute approximate surface area is 102 Å². The van der Waals surface area contributed by atoms with Crippen molar-refractivity contribution in [3.8, 4) is 0 Å². The Balaban J connectivity index is 2.40. The first-order valence-corrected chi connectivity index (χ1v) is 5.34. The van der Waals surface area contributed by atoms with E-state index in [1.165, 1.54) is 12.1 Å². The molecule has 0 aromatic heterocycles. The van der Waals surface area contributed by atoms with E-state index in [0.29, 0.717) is 10.6 Å². The first kappa shape index (κ1) is 12.0. The summed E-state index contributed by atoms with van der Waals surface area (Å²) in [7, 11) is 0. The molecule has 0 radical (unpaired) electrons. The number of rotatable bonds is 2. The Bertz CT molecular complexity index is 543. The van der Waals surface area contributed by atoms with E-state index in [4.69, 9.17) is 11.6 Å². The lowest BCUT2D eigenvalue weighted by Gasteiger charge is -2.12. The molecular formula is C13H9ClF2O. The van der Waals surface area contributed by atoms with Crippen molar-refractivity contribution in [3.63, 3.8) is 0 Å². The average molecular weight is 255 g/mol. The highest BCUT2D eigenvalue weighted by atomic mass is 35.5. The third kappa shape index (κ3) is 2.62. The van der Waals surface area contributed by atoms with Crippen LogP contribution >= 0.6 is 11.6 Å². The predicted octanol–water partition coefficient (Wildman–Crippen LogP) is 3.70. The quantitative estimate of drug-likeness (QED) is 0.866. The van der Waals surface area contributed by atoms with E-state index >= 15 is 0 Å². The Morgan fingerprint density at radius 1 is 1.06 bits per heavy atom. The molecule has 0 bridgehead atoms. The van der Waals surface area contributed by atoms with Crippen LogP contribution < -0.4 is 0 Å². The monoisotopic (exact) mass is 254 g/mol.